The molecule has 0 radical (unpaired) electrons. The number of hydrogen-bond donors (Lipinski definition) is 1. The maximum atomic E-state index is 5.36. The van der Waals surface area contributed by atoms with Gasteiger partial charge in [-0.25, -0.2) is 9.97 Å². The second-order valence-corrected chi connectivity index (χ2v) is 2.77. The first-order chi connectivity index (χ1) is 6.79. The van der Waals surface area contributed by atoms with Gasteiger partial charge in [0.1, 0.15) is 0 Å². The van der Waals surface area contributed by atoms with Crippen molar-refractivity contribution in [1.29, 1.82) is 0 Å². The number of nitrogens with zero attached hydrogens (tertiary/aromatic N) is 2. The fourth-order valence-electron chi connectivity index (χ4n) is 0.734. The Morgan fingerprint density at radius 3 is 1.79 bits per heavy atom. The predicted octanol–water partition coefficient (Wildman–Crippen LogP) is 2.40. The van der Waals surface area contributed by atoms with E-state index in [1.807, 2.05) is 30.3 Å². The van der Waals surface area contributed by atoms with Gasteiger partial charge in [-0.3, -0.25) is 0 Å². The van der Waals surface area contributed by atoms with Crippen molar-refractivity contribution in [2.24, 2.45) is 0 Å². The molecule has 2 rings (SSSR count). The normalized spacial score (nSPS) is 8.64. The first-order valence-electron chi connectivity index (χ1n) is 4.02. The van der Waals surface area contributed by atoms with Crippen LogP contribution in [0.25, 0.3) is 0 Å². The summed E-state index contributed by atoms with van der Waals surface area (Å²) in [6.07, 6.45) is 3.19. The molecular formula is C10H10ClN3. The molecule has 0 spiro atoms. The van der Waals surface area contributed by atoms with Gasteiger partial charge in [0.25, 0.3) is 0 Å². The van der Waals surface area contributed by atoms with E-state index in [0.29, 0.717) is 5.28 Å². The molecule has 1 aromatic heterocycles. The molecule has 0 amide bonds. The Hall–Kier alpha value is -1.61. The maximum Gasteiger partial charge on any atom is 0.222 e. The molecular weight excluding hydrogens is 198 g/mol. The molecule has 0 atom stereocenters. The van der Waals surface area contributed by atoms with E-state index in [9.17, 15) is 0 Å². The Morgan fingerprint density at radius 1 is 0.929 bits per heavy atom. The fraction of sp³-hybridized carbons (Fsp3) is 0. The number of halogens is 1. The lowest BCUT2D eigenvalue weighted by molar-refractivity contribution is 1.17. The van der Waals surface area contributed by atoms with Gasteiger partial charge in [0, 0.05) is 18.1 Å². The number of hydrogen-bond acceptors (Lipinski definition) is 3. The first-order valence-corrected chi connectivity index (χ1v) is 4.40. The Bertz CT molecular complexity index is 313. The Kier molecular flexibility index (Phi) is 4.44. The molecule has 1 aromatic carbocycles. The molecule has 0 aliphatic carbocycles. The third-order valence-electron chi connectivity index (χ3n) is 1.33. The molecule has 0 aliphatic heterocycles. The summed E-state index contributed by atoms with van der Waals surface area (Å²) in [4.78, 5) is 7.27. The zero-order chi connectivity index (χ0) is 10.2. The summed E-state index contributed by atoms with van der Waals surface area (Å²) < 4.78 is 0. The minimum absolute atomic E-state index is 0.294. The van der Waals surface area contributed by atoms with E-state index in [0.717, 1.165) is 5.69 Å². The van der Waals surface area contributed by atoms with Crippen molar-refractivity contribution in [2.45, 2.75) is 0 Å². The van der Waals surface area contributed by atoms with Crippen LogP contribution in [-0.4, -0.2) is 9.97 Å². The number of anilines is 1. The lowest BCUT2D eigenvalue weighted by Gasteiger charge is -1.83. The van der Waals surface area contributed by atoms with Crippen LogP contribution < -0.4 is 5.73 Å². The Labute approximate surface area is 87.6 Å². The van der Waals surface area contributed by atoms with E-state index in [4.69, 9.17) is 17.3 Å². The van der Waals surface area contributed by atoms with Gasteiger partial charge in [0.05, 0.1) is 0 Å². The summed E-state index contributed by atoms with van der Waals surface area (Å²) in [6.45, 7) is 0. The van der Waals surface area contributed by atoms with Crippen LogP contribution in [0.1, 0.15) is 0 Å². The number of para-hydroxylation sites is 1. The van der Waals surface area contributed by atoms with Crippen molar-refractivity contribution >= 4 is 17.3 Å². The summed E-state index contributed by atoms with van der Waals surface area (Å²) in [5.74, 6) is 0. The molecule has 0 saturated carbocycles. The highest BCUT2D eigenvalue weighted by molar-refractivity contribution is 6.28. The highest BCUT2D eigenvalue weighted by Crippen LogP contribution is 1.95. The molecule has 0 saturated heterocycles. The summed E-state index contributed by atoms with van der Waals surface area (Å²) in [5, 5.41) is 0.294. The minimum Gasteiger partial charge on any atom is -0.399 e. The van der Waals surface area contributed by atoms with Crippen LogP contribution in [0, 0.1) is 0 Å². The van der Waals surface area contributed by atoms with Gasteiger partial charge < -0.3 is 5.73 Å². The maximum absolute atomic E-state index is 5.36. The van der Waals surface area contributed by atoms with Gasteiger partial charge in [0.2, 0.25) is 5.28 Å². The molecule has 1 heterocycles. The molecule has 0 bridgehead atoms. The van der Waals surface area contributed by atoms with Crippen LogP contribution in [0.4, 0.5) is 5.69 Å². The third kappa shape index (κ3) is 4.42. The monoisotopic (exact) mass is 207 g/mol. The number of rotatable bonds is 0. The molecule has 0 aliphatic rings. The largest absolute Gasteiger partial charge is 0.399 e. The zero-order valence-corrected chi connectivity index (χ0v) is 8.22. The SMILES string of the molecule is Clc1ncccn1.Nc1ccccc1. The summed E-state index contributed by atoms with van der Waals surface area (Å²) in [6, 6.07) is 11.2. The van der Waals surface area contributed by atoms with Crippen molar-refractivity contribution in [2.75, 3.05) is 5.73 Å². The zero-order valence-electron chi connectivity index (χ0n) is 7.47. The number of nitrogen functional groups attached to an aromatic ring is 1. The number of nitrogens with two attached hydrogens (primary N) is 1. The average molecular weight is 208 g/mol. The van der Waals surface area contributed by atoms with Crippen molar-refractivity contribution in [3.8, 4) is 0 Å². The predicted molar refractivity (Wildman–Crippen MR) is 57.9 cm³/mol. The average Bonchev–Trinajstić information content (AvgIpc) is 2.21. The Balaban J connectivity index is 0.000000140. The van der Waals surface area contributed by atoms with Gasteiger partial charge in [-0.1, -0.05) is 18.2 Å². The van der Waals surface area contributed by atoms with Gasteiger partial charge in [-0.05, 0) is 29.8 Å². The first kappa shape index (κ1) is 10.5. The van der Waals surface area contributed by atoms with Crippen LogP contribution in [0.3, 0.4) is 0 Å². The van der Waals surface area contributed by atoms with Gasteiger partial charge in [-0.2, -0.15) is 0 Å². The van der Waals surface area contributed by atoms with Crippen molar-refractivity contribution in [1.82, 2.24) is 9.97 Å². The third-order valence-corrected chi connectivity index (χ3v) is 1.53. The number of benzene rings is 1. The lowest BCUT2D eigenvalue weighted by Crippen LogP contribution is -1.79. The molecule has 14 heavy (non-hydrogen) atoms. The van der Waals surface area contributed by atoms with Crippen LogP contribution in [0.2, 0.25) is 5.28 Å². The fourth-order valence-corrected chi connectivity index (χ4v) is 0.847. The van der Waals surface area contributed by atoms with E-state index in [2.05, 4.69) is 9.97 Å². The van der Waals surface area contributed by atoms with Gasteiger partial charge in [-0.15, -0.1) is 0 Å². The minimum atomic E-state index is 0.294. The van der Waals surface area contributed by atoms with Crippen molar-refractivity contribution < 1.29 is 0 Å². The van der Waals surface area contributed by atoms with Crippen LogP contribution in [-0.2, 0) is 0 Å². The topological polar surface area (TPSA) is 51.8 Å². The quantitative estimate of drug-likeness (QED) is 0.533. The molecule has 72 valence electrons. The van der Waals surface area contributed by atoms with Crippen LogP contribution in [0.15, 0.2) is 48.8 Å². The van der Waals surface area contributed by atoms with E-state index < -0.39 is 0 Å². The standard InChI is InChI=1S/C6H7N.C4H3ClN2/c7-6-4-2-1-3-5-6;5-4-6-2-1-3-7-4/h1-5H,7H2;1-3H. The Morgan fingerprint density at radius 2 is 1.50 bits per heavy atom. The molecule has 3 nitrogen and oxygen atoms in total. The highest BCUT2D eigenvalue weighted by atomic mass is 35.5. The molecule has 0 unspecified atom stereocenters. The van der Waals surface area contributed by atoms with E-state index in [1.54, 1.807) is 18.5 Å². The number of aromatic nitrogens is 2. The summed E-state index contributed by atoms with van der Waals surface area (Å²) >= 11 is 5.32. The highest BCUT2D eigenvalue weighted by Gasteiger charge is 1.78. The molecule has 2 aromatic rings. The molecule has 2 N–H and O–H groups in total. The van der Waals surface area contributed by atoms with E-state index >= 15 is 0 Å². The van der Waals surface area contributed by atoms with E-state index in [1.165, 1.54) is 0 Å². The van der Waals surface area contributed by atoms with E-state index in [-0.39, 0.29) is 0 Å². The van der Waals surface area contributed by atoms with Crippen molar-refractivity contribution in [3.05, 3.63) is 54.1 Å². The van der Waals surface area contributed by atoms with Crippen LogP contribution >= 0.6 is 11.6 Å². The second kappa shape index (κ2) is 5.94. The smallest absolute Gasteiger partial charge is 0.222 e. The summed E-state index contributed by atoms with van der Waals surface area (Å²) in [5.41, 5.74) is 6.18. The van der Waals surface area contributed by atoms with Crippen molar-refractivity contribution in [3.63, 3.8) is 0 Å². The van der Waals surface area contributed by atoms with Gasteiger partial charge in [0.15, 0.2) is 0 Å². The summed E-state index contributed by atoms with van der Waals surface area (Å²) in [7, 11) is 0. The molecule has 0 fully saturated rings. The second-order valence-electron chi connectivity index (χ2n) is 2.43. The van der Waals surface area contributed by atoms with Gasteiger partial charge >= 0.3 is 0 Å². The lowest BCUT2D eigenvalue weighted by atomic mass is 10.3. The molecule has 4 heteroatoms. The van der Waals surface area contributed by atoms with Crippen LogP contribution in [0.5, 0.6) is 0 Å².